The van der Waals surface area contributed by atoms with E-state index in [-0.39, 0.29) is 11.6 Å². The molecule has 4 rings (SSSR count). The van der Waals surface area contributed by atoms with Gasteiger partial charge in [-0.3, -0.25) is 10.2 Å². The van der Waals surface area contributed by atoms with Crippen LogP contribution in [0.15, 0.2) is 30.6 Å². The van der Waals surface area contributed by atoms with Gasteiger partial charge in [0, 0.05) is 64.3 Å². The smallest absolute Gasteiger partial charge is 0.272 e. The van der Waals surface area contributed by atoms with E-state index in [0.29, 0.717) is 43.5 Å². The topological polar surface area (TPSA) is 101 Å². The van der Waals surface area contributed by atoms with Crippen molar-refractivity contribution in [2.45, 2.75) is 39.5 Å². The number of pyridine rings is 1. The van der Waals surface area contributed by atoms with Gasteiger partial charge in [-0.2, -0.15) is 0 Å². The molecule has 0 bridgehead atoms. The van der Waals surface area contributed by atoms with Crippen LogP contribution in [0.4, 0.5) is 17.6 Å². The zero-order chi connectivity index (χ0) is 23.6. The molecule has 178 valence electrons. The van der Waals surface area contributed by atoms with Crippen LogP contribution in [-0.4, -0.2) is 77.8 Å². The number of nitrogens with one attached hydrogen (secondary N) is 2. The molecule has 0 spiro atoms. The van der Waals surface area contributed by atoms with Crippen LogP contribution < -0.4 is 15.1 Å². The predicted octanol–water partition coefficient (Wildman–Crippen LogP) is 3.04. The van der Waals surface area contributed by atoms with Crippen LogP contribution in [0.1, 0.15) is 45.1 Å². The van der Waals surface area contributed by atoms with E-state index >= 15 is 0 Å². The molecule has 4 heterocycles. The number of anilines is 3. The first kappa shape index (κ1) is 24.4. The molecule has 2 aromatic heterocycles. The molecular weight excluding hydrogens is 416 g/mol. The van der Waals surface area contributed by atoms with E-state index in [4.69, 9.17) is 10.4 Å². The molecule has 33 heavy (non-hydrogen) atoms. The number of hydrogen-bond donors (Lipinski definition) is 2. The molecule has 2 aliphatic rings. The van der Waals surface area contributed by atoms with Crippen molar-refractivity contribution in [1.82, 2.24) is 19.9 Å². The fourth-order valence-electron chi connectivity index (χ4n) is 4.15. The van der Waals surface area contributed by atoms with Gasteiger partial charge >= 0.3 is 0 Å². The van der Waals surface area contributed by atoms with Crippen LogP contribution in [0.2, 0.25) is 0 Å². The lowest BCUT2D eigenvalue weighted by Gasteiger charge is -2.34. The molecule has 0 radical (unpaired) electrons. The van der Waals surface area contributed by atoms with E-state index in [1.54, 1.807) is 30.4 Å². The number of piperazine rings is 1. The first-order valence-corrected chi connectivity index (χ1v) is 12.0. The van der Waals surface area contributed by atoms with Gasteiger partial charge in [0.15, 0.2) is 0 Å². The Kier molecular flexibility index (Phi) is 8.97. The summed E-state index contributed by atoms with van der Waals surface area (Å²) in [6.07, 6.45) is 8.31. The van der Waals surface area contributed by atoms with E-state index < -0.39 is 0 Å². The highest BCUT2D eigenvalue weighted by Crippen LogP contribution is 2.23. The molecule has 0 unspecified atom stereocenters. The lowest BCUT2D eigenvalue weighted by atomic mass is 10.1. The normalized spacial score (nSPS) is 16.4. The number of rotatable bonds is 5. The van der Waals surface area contributed by atoms with Gasteiger partial charge < -0.3 is 20.0 Å². The molecule has 9 heteroatoms. The van der Waals surface area contributed by atoms with Crippen molar-refractivity contribution in [3.05, 3.63) is 36.2 Å². The van der Waals surface area contributed by atoms with Gasteiger partial charge in [0.05, 0.1) is 0 Å². The molecule has 0 atom stereocenters. The van der Waals surface area contributed by atoms with Crippen LogP contribution in [0.3, 0.4) is 0 Å². The first-order chi connectivity index (χ1) is 16.2. The van der Waals surface area contributed by atoms with E-state index in [9.17, 15) is 4.79 Å². The summed E-state index contributed by atoms with van der Waals surface area (Å²) in [5, 5.41) is 11.6. The third-order valence-electron chi connectivity index (χ3n) is 5.93. The van der Waals surface area contributed by atoms with Crippen molar-refractivity contribution < 1.29 is 4.79 Å². The molecule has 2 saturated heterocycles. The molecule has 0 aromatic carbocycles. The van der Waals surface area contributed by atoms with Gasteiger partial charge in [-0.25, -0.2) is 15.0 Å². The van der Waals surface area contributed by atoms with Crippen LogP contribution in [-0.2, 0) is 4.79 Å². The van der Waals surface area contributed by atoms with E-state index in [2.05, 4.69) is 25.1 Å². The fraction of sp³-hybridized carbons (Fsp3) is 0.542. The lowest BCUT2D eigenvalue weighted by molar-refractivity contribution is -0.124. The molecule has 2 aromatic rings. The summed E-state index contributed by atoms with van der Waals surface area (Å²) in [6.45, 7) is 8.37. The summed E-state index contributed by atoms with van der Waals surface area (Å²) < 4.78 is 0. The van der Waals surface area contributed by atoms with E-state index in [0.717, 1.165) is 18.9 Å². The summed E-state index contributed by atoms with van der Waals surface area (Å²) in [5.41, 5.74) is 0.517. The highest BCUT2D eigenvalue weighted by molar-refractivity contribution is 6.45. The molecule has 1 amide bonds. The Balaban J connectivity index is 0.00000149. The predicted molar refractivity (Wildman–Crippen MR) is 133 cm³/mol. The maximum Gasteiger partial charge on any atom is 0.272 e. The average Bonchev–Trinajstić information content (AvgIpc) is 3.19. The number of nitrogens with zero attached hydrogens (tertiary/aromatic N) is 6. The number of amides is 1. The Hall–Kier alpha value is -3.23. The Morgan fingerprint density at radius 1 is 0.909 bits per heavy atom. The van der Waals surface area contributed by atoms with Gasteiger partial charge in [-0.1, -0.05) is 26.7 Å². The van der Waals surface area contributed by atoms with Crippen molar-refractivity contribution in [2.24, 2.45) is 0 Å². The highest BCUT2D eigenvalue weighted by Gasteiger charge is 2.27. The number of hydrogen-bond acceptors (Lipinski definition) is 8. The maximum atomic E-state index is 13.0. The Labute approximate surface area is 196 Å². The second-order valence-electron chi connectivity index (χ2n) is 7.92. The lowest BCUT2D eigenvalue weighted by Crippen LogP contribution is -2.51. The van der Waals surface area contributed by atoms with Crippen molar-refractivity contribution >= 4 is 29.2 Å². The molecule has 2 aliphatic heterocycles. The minimum atomic E-state index is -0.269. The van der Waals surface area contributed by atoms with Crippen molar-refractivity contribution in [1.29, 1.82) is 5.41 Å². The SMILES string of the molecule is CC.CNc1nc(N2CCCCCC2)ccc1C(=N)C(=O)N1CCN(c2ncccn2)CC1. The monoisotopic (exact) mass is 452 g/mol. The summed E-state index contributed by atoms with van der Waals surface area (Å²) in [5.74, 6) is 1.90. The summed E-state index contributed by atoms with van der Waals surface area (Å²) >= 11 is 0. The van der Waals surface area contributed by atoms with Crippen LogP contribution in [0.5, 0.6) is 0 Å². The molecular formula is C24H36N8O. The van der Waals surface area contributed by atoms with Gasteiger partial charge in [0.2, 0.25) is 5.95 Å². The molecule has 0 aliphatic carbocycles. The average molecular weight is 453 g/mol. The molecule has 2 N–H and O–H groups in total. The largest absolute Gasteiger partial charge is 0.373 e. The van der Waals surface area contributed by atoms with E-state index in [1.165, 1.54) is 25.7 Å². The summed E-state index contributed by atoms with van der Waals surface area (Å²) in [6, 6.07) is 5.58. The molecule has 9 nitrogen and oxygen atoms in total. The minimum absolute atomic E-state index is 0.0244. The van der Waals surface area contributed by atoms with Crippen molar-refractivity contribution in [3.63, 3.8) is 0 Å². The van der Waals surface area contributed by atoms with Gasteiger partial charge in [0.1, 0.15) is 17.3 Å². The van der Waals surface area contributed by atoms with Gasteiger partial charge in [-0.05, 0) is 31.0 Å². The third kappa shape index (κ3) is 5.97. The van der Waals surface area contributed by atoms with Crippen LogP contribution in [0.25, 0.3) is 0 Å². The van der Waals surface area contributed by atoms with Crippen molar-refractivity contribution in [3.8, 4) is 0 Å². The van der Waals surface area contributed by atoms with Crippen LogP contribution in [0, 0.1) is 5.41 Å². The Morgan fingerprint density at radius 3 is 2.15 bits per heavy atom. The molecule has 0 saturated carbocycles. The summed E-state index contributed by atoms with van der Waals surface area (Å²) in [4.78, 5) is 32.4. The second-order valence-corrected chi connectivity index (χ2v) is 7.92. The first-order valence-electron chi connectivity index (χ1n) is 12.0. The standard InChI is InChI=1S/C22H30N8O.C2H6/c1-24-20-17(7-8-18(27-20)28-11-4-2-3-5-12-28)19(23)21(31)29-13-15-30(16-14-29)22-25-9-6-10-26-22;1-2/h6-10,23H,2-5,11-16H2,1H3,(H,24,27);1-2H3. The number of aromatic nitrogens is 3. The molecule has 2 fully saturated rings. The number of carbonyl (C=O) groups excluding carboxylic acids is 1. The fourth-order valence-corrected chi connectivity index (χ4v) is 4.15. The van der Waals surface area contributed by atoms with E-state index in [1.807, 2.05) is 26.0 Å². The minimum Gasteiger partial charge on any atom is -0.373 e. The van der Waals surface area contributed by atoms with Crippen molar-refractivity contribution in [2.75, 3.05) is 61.4 Å². The zero-order valence-corrected chi connectivity index (χ0v) is 20.0. The Morgan fingerprint density at radius 2 is 1.55 bits per heavy atom. The van der Waals surface area contributed by atoms with Gasteiger partial charge in [0.25, 0.3) is 5.91 Å². The maximum absolute atomic E-state index is 13.0. The number of carbonyl (C=O) groups is 1. The van der Waals surface area contributed by atoms with Gasteiger partial charge in [-0.15, -0.1) is 0 Å². The quantitative estimate of drug-likeness (QED) is 0.673. The summed E-state index contributed by atoms with van der Waals surface area (Å²) in [7, 11) is 1.79. The zero-order valence-electron chi connectivity index (χ0n) is 20.0. The third-order valence-corrected chi connectivity index (χ3v) is 5.93. The van der Waals surface area contributed by atoms with Crippen LogP contribution >= 0.6 is 0 Å². The Bertz CT molecular complexity index is 904. The second kappa shape index (κ2) is 12.1. The highest BCUT2D eigenvalue weighted by atomic mass is 16.2.